The summed E-state index contributed by atoms with van der Waals surface area (Å²) in [5.41, 5.74) is 5.44. The fraction of sp³-hybridized carbons (Fsp3) is 0.0833. The molecule has 0 aliphatic carbocycles. The Hall–Kier alpha value is -2.63. The number of ketones is 1. The van der Waals surface area contributed by atoms with Gasteiger partial charge in [0.05, 0.1) is 5.69 Å². The number of rotatable bonds is 2. The van der Waals surface area contributed by atoms with Crippen LogP contribution in [0.2, 0.25) is 0 Å². The zero-order valence-electron chi connectivity index (χ0n) is 9.61. The third-order valence-electron chi connectivity index (χ3n) is 2.54. The van der Waals surface area contributed by atoms with E-state index >= 15 is 0 Å². The van der Waals surface area contributed by atoms with Gasteiger partial charge in [0.1, 0.15) is 5.69 Å². The molecule has 0 amide bonds. The van der Waals surface area contributed by atoms with E-state index in [1.54, 1.807) is 24.3 Å². The van der Waals surface area contributed by atoms with Crippen molar-refractivity contribution in [2.24, 2.45) is 0 Å². The molecule has 0 saturated carbocycles. The first-order chi connectivity index (χ1) is 8.49. The van der Waals surface area contributed by atoms with Crippen LogP contribution in [0.5, 0.6) is 0 Å². The second-order valence-electron chi connectivity index (χ2n) is 3.83. The topological polar surface area (TPSA) is 109 Å². The lowest BCUT2D eigenvalue weighted by Crippen LogP contribution is -2.25. The summed E-state index contributed by atoms with van der Waals surface area (Å²) >= 11 is 0. The van der Waals surface area contributed by atoms with Crippen LogP contribution in [-0.2, 0) is 0 Å². The Morgan fingerprint density at radius 1 is 1.22 bits per heavy atom. The molecule has 2 aromatic rings. The van der Waals surface area contributed by atoms with E-state index in [4.69, 9.17) is 5.73 Å². The third-order valence-corrected chi connectivity index (χ3v) is 2.54. The van der Waals surface area contributed by atoms with Crippen molar-refractivity contribution >= 4 is 11.5 Å². The number of carbonyl (C=O) groups is 1. The van der Waals surface area contributed by atoms with Crippen molar-refractivity contribution < 1.29 is 4.79 Å². The zero-order valence-corrected chi connectivity index (χ0v) is 9.61. The van der Waals surface area contributed by atoms with Crippen LogP contribution < -0.4 is 17.0 Å². The van der Waals surface area contributed by atoms with Crippen LogP contribution in [0.15, 0.2) is 33.9 Å². The van der Waals surface area contributed by atoms with Gasteiger partial charge in [-0.25, -0.2) is 4.79 Å². The van der Waals surface area contributed by atoms with Crippen LogP contribution >= 0.6 is 0 Å². The Labute approximate surface area is 101 Å². The molecule has 6 heteroatoms. The highest BCUT2D eigenvalue weighted by molar-refractivity contribution is 5.95. The summed E-state index contributed by atoms with van der Waals surface area (Å²) in [5.74, 6) is -0.109. The number of Topliss-reactive ketones (excluding diaryl/α,β-unsaturated/α-hetero) is 1. The first kappa shape index (κ1) is 11.8. The quantitative estimate of drug-likeness (QED) is 0.670. The normalized spacial score (nSPS) is 10.3. The number of hydrogen-bond acceptors (Lipinski definition) is 4. The van der Waals surface area contributed by atoms with Gasteiger partial charge >= 0.3 is 5.69 Å². The highest BCUT2D eigenvalue weighted by Gasteiger charge is 2.09. The lowest BCUT2D eigenvalue weighted by Gasteiger charge is -2.05. The number of nitrogen functional groups attached to an aromatic ring is 1. The molecule has 0 atom stereocenters. The zero-order chi connectivity index (χ0) is 13.3. The summed E-state index contributed by atoms with van der Waals surface area (Å²) in [7, 11) is 0. The molecular weight excluding hydrogens is 234 g/mol. The summed E-state index contributed by atoms with van der Waals surface area (Å²) in [5, 5.41) is 0. The Morgan fingerprint density at radius 3 is 2.61 bits per heavy atom. The minimum atomic E-state index is -0.651. The average molecular weight is 245 g/mol. The van der Waals surface area contributed by atoms with Gasteiger partial charge < -0.3 is 10.7 Å². The fourth-order valence-electron chi connectivity index (χ4n) is 1.62. The van der Waals surface area contributed by atoms with Crippen molar-refractivity contribution in [3.05, 3.63) is 50.7 Å². The van der Waals surface area contributed by atoms with Gasteiger partial charge in [-0.1, -0.05) is 18.2 Å². The molecule has 0 aliphatic heterocycles. The van der Waals surface area contributed by atoms with Crippen molar-refractivity contribution in [3.8, 4) is 11.3 Å². The molecular formula is C12H11N3O3. The molecule has 0 aliphatic rings. The maximum absolute atomic E-state index is 11.4. The molecule has 92 valence electrons. The van der Waals surface area contributed by atoms with Crippen LogP contribution in [-0.4, -0.2) is 15.8 Å². The maximum atomic E-state index is 11.4. The number of nitrogens with two attached hydrogens (primary N) is 1. The molecule has 0 radical (unpaired) electrons. The number of benzene rings is 1. The van der Waals surface area contributed by atoms with Gasteiger partial charge in [0.15, 0.2) is 5.78 Å². The van der Waals surface area contributed by atoms with Crippen LogP contribution in [0.25, 0.3) is 11.3 Å². The number of aromatic amines is 2. The third kappa shape index (κ3) is 2.08. The monoisotopic (exact) mass is 245 g/mol. The van der Waals surface area contributed by atoms with Gasteiger partial charge in [-0.05, 0) is 13.0 Å². The average Bonchev–Trinajstić information content (AvgIpc) is 2.34. The SMILES string of the molecule is CC(=O)c1cccc(-c2[nH]c(=O)[nH]c(=O)c2N)c1. The lowest BCUT2D eigenvalue weighted by atomic mass is 10.0. The summed E-state index contributed by atoms with van der Waals surface area (Å²) in [6, 6.07) is 6.54. The van der Waals surface area contributed by atoms with E-state index < -0.39 is 11.2 Å². The van der Waals surface area contributed by atoms with E-state index in [0.29, 0.717) is 11.1 Å². The molecule has 4 N–H and O–H groups in total. The molecule has 0 fully saturated rings. The first-order valence-electron chi connectivity index (χ1n) is 5.22. The fourth-order valence-corrected chi connectivity index (χ4v) is 1.62. The van der Waals surface area contributed by atoms with Crippen LogP contribution in [0.4, 0.5) is 5.69 Å². The molecule has 0 spiro atoms. The van der Waals surface area contributed by atoms with E-state index in [-0.39, 0.29) is 17.2 Å². The molecule has 18 heavy (non-hydrogen) atoms. The van der Waals surface area contributed by atoms with Crippen molar-refractivity contribution in [1.29, 1.82) is 0 Å². The summed E-state index contributed by atoms with van der Waals surface area (Å²) < 4.78 is 0. The predicted molar refractivity (Wildman–Crippen MR) is 67.5 cm³/mol. The molecule has 2 rings (SSSR count). The molecule has 0 unspecified atom stereocenters. The van der Waals surface area contributed by atoms with Gasteiger partial charge in [-0.15, -0.1) is 0 Å². The second kappa shape index (κ2) is 4.33. The Kier molecular flexibility index (Phi) is 2.85. The second-order valence-corrected chi connectivity index (χ2v) is 3.83. The van der Waals surface area contributed by atoms with Gasteiger partial charge in [-0.3, -0.25) is 14.6 Å². The number of H-pyrrole nitrogens is 2. The molecule has 6 nitrogen and oxygen atoms in total. The number of carbonyl (C=O) groups excluding carboxylic acids is 1. The summed E-state index contributed by atoms with van der Waals surface area (Å²) in [6.07, 6.45) is 0. The smallest absolute Gasteiger partial charge is 0.326 e. The maximum Gasteiger partial charge on any atom is 0.326 e. The Balaban J connectivity index is 2.69. The largest absolute Gasteiger partial charge is 0.393 e. The molecule has 0 bridgehead atoms. The molecule has 0 saturated heterocycles. The van der Waals surface area contributed by atoms with E-state index in [1.165, 1.54) is 6.92 Å². The van der Waals surface area contributed by atoms with Crippen LogP contribution in [0.3, 0.4) is 0 Å². The number of hydrogen-bond donors (Lipinski definition) is 3. The standard InChI is InChI=1S/C12H11N3O3/c1-6(16)7-3-2-4-8(5-7)10-9(13)11(17)15-12(18)14-10/h2-5H,13H2,1H3,(H2,14,15,17,18). The highest BCUT2D eigenvalue weighted by Crippen LogP contribution is 2.20. The highest BCUT2D eigenvalue weighted by atomic mass is 16.2. The first-order valence-corrected chi connectivity index (χ1v) is 5.22. The molecule has 1 heterocycles. The Bertz CT molecular complexity index is 728. The number of aromatic nitrogens is 2. The van der Waals surface area contributed by atoms with Gasteiger partial charge in [0.2, 0.25) is 0 Å². The number of nitrogens with one attached hydrogen (secondary N) is 2. The summed E-state index contributed by atoms with van der Waals surface area (Å²) in [4.78, 5) is 38.4. The predicted octanol–water partition coefficient (Wildman–Crippen LogP) is 0.515. The van der Waals surface area contributed by atoms with Crippen LogP contribution in [0.1, 0.15) is 17.3 Å². The van der Waals surface area contributed by atoms with Crippen LogP contribution in [0, 0.1) is 0 Å². The summed E-state index contributed by atoms with van der Waals surface area (Å²) in [6.45, 7) is 1.43. The van der Waals surface area contributed by atoms with Gasteiger partial charge in [-0.2, -0.15) is 0 Å². The Morgan fingerprint density at radius 2 is 1.94 bits per heavy atom. The van der Waals surface area contributed by atoms with Gasteiger partial charge in [0, 0.05) is 11.1 Å². The number of anilines is 1. The molecule has 1 aromatic heterocycles. The minimum Gasteiger partial charge on any atom is -0.393 e. The van der Waals surface area contributed by atoms with Gasteiger partial charge in [0.25, 0.3) is 5.56 Å². The molecule has 1 aromatic carbocycles. The van der Waals surface area contributed by atoms with E-state index in [1.807, 2.05) is 4.98 Å². The van der Waals surface area contributed by atoms with E-state index in [9.17, 15) is 14.4 Å². The van der Waals surface area contributed by atoms with E-state index in [2.05, 4.69) is 4.98 Å². The van der Waals surface area contributed by atoms with E-state index in [0.717, 1.165) is 0 Å². The van der Waals surface area contributed by atoms with Crippen molar-refractivity contribution in [2.75, 3.05) is 5.73 Å². The van der Waals surface area contributed by atoms with Crippen molar-refractivity contribution in [1.82, 2.24) is 9.97 Å². The lowest BCUT2D eigenvalue weighted by molar-refractivity contribution is 0.101. The van der Waals surface area contributed by atoms with Crippen molar-refractivity contribution in [3.63, 3.8) is 0 Å². The van der Waals surface area contributed by atoms with Crippen molar-refractivity contribution in [2.45, 2.75) is 6.92 Å². The minimum absolute atomic E-state index is 0.0877.